The minimum atomic E-state index is 0.671. The summed E-state index contributed by atoms with van der Waals surface area (Å²) in [5.74, 6) is 0.945. The van der Waals surface area contributed by atoms with Crippen LogP contribution in [-0.4, -0.2) is 30.1 Å². The quantitative estimate of drug-likeness (QED) is 0.922. The van der Waals surface area contributed by atoms with E-state index in [2.05, 4.69) is 46.8 Å². The molecule has 4 rings (SSSR count). The summed E-state index contributed by atoms with van der Waals surface area (Å²) in [6.07, 6.45) is 4.10. The standard InChI is InChI=1S/C18H24N2S/c1-2-15-11-20(17(9-19-15)13-7-8-13)10-14-12-21-18-6-4-3-5-16(14)18/h3-6,12-13,15,17,19H,2,7-11H2,1H3. The van der Waals surface area contributed by atoms with Gasteiger partial charge in [-0.2, -0.15) is 0 Å². The van der Waals surface area contributed by atoms with Gasteiger partial charge in [0.25, 0.3) is 0 Å². The van der Waals surface area contributed by atoms with Crippen molar-refractivity contribution in [3.05, 3.63) is 35.2 Å². The van der Waals surface area contributed by atoms with Crippen molar-refractivity contribution in [3.8, 4) is 0 Å². The molecule has 0 bridgehead atoms. The molecular formula is C18H24N2S. The van der Waals surface area contributed by atoms with Crippen LogP contribution in [0.25, 0.3) is 10.1 Å². The van der Waals surface area contributed by atoms with Crippen molar-refractivity contribution in [1.29, 1.82) is 0 Å². The number of benzene rings is 1. The Bertz CT molecular complexity index is 616. The highest BCUT2D eigenvalue weighted by atomic mass is 32.1. The molecule has 2 aromatic rings. The average molecular weight is 300 g/mol. The first-order valence-electron chi connectivity index (χ1n) is 8.27. The molecule has 2 atom stereocenters. The number of hydrogen-bond acceptors (Lipinski definition) is 3. The Morgan fingerprint density at radius 2 is 2.14 bits per heavy atom. The third kappa shape index (κ3) is 2.75. The highest BCUT2D eigenvalue weighted by Gasteiger charge is 2.38. The number of nitrogens with zero attached hydrogens (tertiary/aromatic N) is 1. The van der Waals surface area contributed by atoms with Gasteiger partial charge in [-0.15, -0.1) is 11.3 Å². The molecule has 1 aromatic carbocycles. The topological polar surface area (TPSA) is 15.3 Å². The van der Waals surface area contributed by atoms with E-state index in [0.717, 1.165) is 18.5 Å². The Morgan fingerprint density at radius 3 is 2.95 bits per heavy atom. The molecule has 1 saturated heterocycles. The van der Waals surface area contributed by atoms with E-state index in [9.17, 15) is 0 Å². The number of fused-ring (bicyclic) bond motifs is 1. The second-order valence-electron chi connectivity index (χ2n) is 6.60. The van der Waals surface area contributed by atoms with Crippen LogP contribution >= 0.6 is 11.3 Å². The zero-order valence-corrected chi connectivity index (χ0v) is 13.5. The maximum Gasteiger partial charge on any atom is 0.0346 e. The summed E-state index contributed by atoms with van der Waals surface area (Å²) in [5.41, 5.74) is 1.53. The number of nitrogens with one attached hydrogen (secondary N) is 1. The van der Waals surface area contributed by atoms with Gasteiger partial charge in [-0.3, -0.25) is 4.90 Å². The fraction of sp³-hybridized carbons (Fsp3) is 0.556. The van der Waals surface area contributed by atoms with E-state index in [-0.39, 0.29) is 0 Å². The molecule has 1 saturated carbocycles. The van der Waals surface area contributed by atoms with Crippen molar-refractivity contribution in [2.24, 2.45) is 5.92 Å². The largest absolute Gasteiger partial charge is 0.311 e. The molecule has 2 fully saturated rings. The third-order valence-corrected chi connectivity index (χ3v) is 6.15. The Kier molecular flexibility index (Phi) is 3.74. The maximum atomic E-state index is 3.75. The molecule has 1 N–H and O–H groups in total. The maximum absolute atomic E-state index is 3.75. The highest BCUT2D eigenvalue weighted by Crippen LogP contribution is 2.37. The van der Waals surface area contributed by atoms with Gasteiger partial charge in [-0.1, -0.05) is 25.1 Å². The minimum Gasteiger partial charge on any atom is -0.311 e. The number of hydrogen-bond donors (Lipinski definition) is 1. The van der Waals surface area contributed by atoms with E-state index < -0.39 is 0 Å². The van der Waals surface area contributed by atoms with Crippen LogP contribution in [0.15, 0.2) is 29.6 Å². The summed E-state index contributed by atoms with van der Waals surface area (Å²) < 4.78 is 1.43. The van der Waals surface area contributed by atoms with Gasteiger partial charge >= 0.3 is 0 Å². The lowest BCUT2D eigenvalue weighted by atomic mass is 10.0. The van der Waals surface area contributed by atoms with Crippen molar-refractivity contribution in [1.82, 2.24) is 10.2 Å². The predicted molar refractivity (Wildman–Crippen MR) is 90.8 cm³/mol. The summed E-state index contributed by atoms with van der Waals surface area (Å²) >= 11 is 1.89. The molecule has 1 aromatic heterocycles. The van der Waals surface area contributed by atoms with Crippen LogP contribution in [0.5, 0.6) is 0 Å². The van der Waals surface area contributed by atoms with Crippen molar-refractivity contribution in [3.63, 3.8) is 0 Å². The molecule has 1 aliphatic heterocycles. The Balaban J connectivity index is 1.57. The second kappa shape index (κ2) is 5.71. The fourth-order valence-electron chi connectivity index (χ4n) is 3.67. The lowest BCUT2D eigenvalue weighted by Gasteiger charge is -2.40. The summed E-state index contributed by atoms with van der Waals surface area (Å²) in [5, 5.41) is 7.58. The summed E-state index contributed by atoms with van der Waals surface area (Å²) in [4.78, 5) is 2.76. The van der Waals surface area contributed by atoms with E-state index in [4.69, 9.17) is 0 Å². The van der Waals surface area contributed by atoms with E-state index in [0.29, 0.717) is 6.04 Å². The SMILES string of the molecule is CCC1CN(Cc2csc3ccccc23)C(C2CC2)CN1. The molecule has 2 heterocycles. The molecule has 0 radical (unpaired) electrons. The second-order valence-corrected chi connectivity index (χ2v) is 7.52. The molecule has 1 aliphatic carbocycles. The molecule has 2 unspecified atom stereocenters. The normalized spacial score (nSPS) is 27.3. The lowest BCUT2D eigenvalue weighted by molar-refractivity contribution is 0.106. The van der Waals surface area contributed by atoms with Crippen LogP contribution in [0.3, 0.4) is 0 Å². The molecule has 0 spiro atoms. The van der Waals surface area contributed by atoms with E-state index in [1.807, 2.05) is 11.3 Å². The summed E-state index contributed by atoms with van der Waals surface area (Å²) in [7, 11) is 0. The van der Waals surface area contributed by atoms with E-state index >= 15 is 0 Å². The summed E-state index contributed by atoms with van der Waals surface area (Å²) in [6, 6.07) is 10.3. The lowest BCUT2D eigenvalue weighted by Crippen LogP contribution is -2.56. The van der Waals surface area contributed by atoms with Crippen LogP contribution in [-0.2, 0) is 6.54 Å². The van der Waals surface area contributed by atoms with E-state index in [1.165, 1.54) is 48.0 Å². The van der Waals surface area contributed by atoms with Gasteiger partial charge in [0.1, 0.15) is 0 Å². The van der Waals surface area contributed by atoms with Crippen molar-refractivity contribution in [2.45, 2.75) is 44.8 Å². The minimum absolute atomic E-state index is 0.671. The van der Waals surface area contributed by atoms with Gasteiger partial charge in [0.2, 0.25) is 0 Å². The van der Waals surface area contributed by atoms with Gasteiger partial charge in [0.15, 0.2) is 0 Å². The number of thiophene rings is 1. The smallest absolute Gasteiger partial charge is 0.0346 e. The zero-order valence-electron chi connectivity index (χ0n) is 12.7. The highest BCUT2D eigenvalue weighted by molar-refractivity contribution is 7.17. The van der Waals surface area contributed by atoms with Crippen molar-refractivity contribution in [2.75, 3.05) is 13.1 Å². The zero-order chi connectivity index (χ0) is 14.2. The Labute approximate surface area is 131 Å². The Morgan fingerprint density at radius 1 is 1.29 bits per heavy atom. The van der Waals surface area contributed by atoms with Crippen LogP contribution in [0.1, 0.15) is 31.7 Å². The number of piperazine rings is 1. The van der Waals surface area contributed by atoms with E-state index in [1.54, 1.807) is 0 Å². The van der Waals surface area contributed by atoms with Crippen molar-refractivity contribution < 1.29 is 0 Å². The summed E-state index contributed by atoms with van der Waals surface area (Å²) in [6.45, 7) is 5.82. The first-order chi connectivity index (χ1) is 10.3. The van der Waals surface area contributed by atoms with Gasteiger partial charge in [-0.05, 0) is 47.6 Å². The average Bonchev–Trinajstić information content (AvgIpc) is 3.29. The van der Waals surface area contributed by atoms with Gasteiger partial charge < -0.3 is 5.32 Å². The van der Waals surface area contributed by atoms with Crippen LogP contribution in [0, 0.1) is 5.92 Å². The third-order valence-electron chi connectivity index (χ3n) is 5.13. The fourth-order valence-corrected chi connectivity index (χ4v) is 4.63. The van der Waals surface area contributed by atoms with Gasteiger partial charge in [0.05, 0.1) is 0 Å². The molecule has 3 heteroatoms. The molecular weight excluding hydrogens is 276 g/mol. The van der Waals surface area contributed by atoms with Gasteiger partial charge in [0, 0.05) is 36.4 Å². The predicted octanol–water partition coefficient (Wildman–Crippen LogP) is 3.86. The number of rotatable bonds is 4. The Hall–Kier alpha value is -0.900. The van der Waals surface area contributed by atoms with Gasteiger partial charge in [-0.25, -0.2) is 0 Å². The molecule has 21 heavy (non-hydrogen) atoms. The molecule has 112 valence electrons. The van der Waals surface area contributed by atoms with Crippen molar-refractivity contribution >= 4 is 21.4 Å². The first kappa shape index (κ1) is 13.7. The monoisotopic (exact) mass is 300 g/mol. The van der Waals surface area contributed by atoms with Crippen LogP contribution in [0.2, 0.25) is 0 Å². The van der Waals surface area contributed by atoms with Crippen LogP contribution < -0.4 is 5.32 Å². The van der Waals surface area contributed by atoms with Crippen LogP contribution in [0.4, 0.5) is 0 Å². The molecule has 2 nitrogen and oxygen atoms in total. The first-order valence-corrected chi connectivity index (χ1v) is 9.15. The molecule has 2 aliphatic rings. The molecule has 0 amide bonds.